The molecule has 0 fully saturated rings. The number of carbonyl (C=O) groups excluding carboxylic acids is 1. The number of pyridine rings is 1. The van der Waals surface area contributed by atoms with Gasteiger partial charge >= 0.3 is 5.97 Å². The average molecular weight is 250 g/mol. The fourth-order valence-corrected chi connectivity index (χ4v) is 1.56. The van der Waals surface area contributed by atoms with Crippen molar-refractivity contribution in [2.75, 3.05) is 13.1 Å². The summed E-state index contributed by atoms with van der Waals surface area (Å²) in [6.45, 7) is 9.39. The van der Waals surface area contributed by atoms with E-state index < -0.39 is 5.60 Å². The van der Waals surface area contributed by atoms with E-state index in [1.807, 2.05) is 50.8 Å². The van der Waals surface area contributed by atoms with E-state index in [1.165, 1.54) is 0 Å². The minimum Gasteiger partial charge on any atom is -0.459 e. The zero-order valence-corrected chi connectivity index (χ0v) is 11.6. The van der Waals surface area contributed by atoms with Crippen molar-refractivity contribution in [3.63, 3.8) is 0 Å². The molecule has 1 aromatic rings. The minimum atomic E-state index is -0.429. The molecule has 0 unspecified atom stereocenters. The van der Waals surface area contributed by atoms with Gasteiger partial charge in [0.15, 0.2) is 0 Å². The van der Waals surface area contributed by atoms with E-state index in [9.17, 15) is 4.79 Å². The van der Waals surface area contributed by atoms with E-state index in [-0.39, 0.29) is 5.97 Å². The third-order valence-electron chi connectivity index (χ3n) is 2.33. The maximum atomic E-state index is 11.7. The summed E-state index contributed by atoms with van der Waals surface area (Å²) >= 11 is 0. The molecule has 1 rings (SSSR count). The monoisotopic (exact) mass is 250 g/mol. The summed E-state index contributed by atoms with van der Waals surface area (Å²) in [6.07, 6.45) is 1.76. The number of hydrogen-bond donors (Lipinski definition) is 0. The summed E-state index contributed by atoms with van der Waals surface area (Å²) in [4.78, 5) is 18.0. The van der Waals surface area contributed by atoms with Gasteiger partial charge in [-0.05, 0) is 39.4 Å². The van der Waals surface area contributed by atoms with Crippen LogP contribution in [0.3, 0.4) is 0 Å². The molecule has 0 atom stereocenters. The smallest absolute Gasteiger partial charge is 0.320 e. The van der Waals surface area contributed by atoms with E-state index >= 15 is 0 Å². The Labute approximate surface area is 109 Å². The molecule has 0 aliphatic carbocycles. The van der Waals surface area contributed by atoms with Crippen molar-refractivity contribution in [1.29, 1.82) is 0 Å². The lowest BCUT2D eigenvalue weighted by atomic mass is 10.2. The Morgan fingerprint density at radius 1 is 1.39 bits per heavy atom. The number of aromatic nitrogens is 1. The molecule has 4 heteroatoms. The van der Waals surface area contributed by atoms with E-state index in [1.54, 1.807) is 6.20 Å². The molecule has 0 saturated carbocycles. The summed E-state index contributed by atoms with van der Waals surface area (Å²) < 4.78 is 5.31. The topological polar surface area (TPSA) is 42.4 Å². The maximum Gasteiger partial charge on any atom is 0.320 e. The van der Waals surface area contributed by atoms with Crippen LogP contribution in [-0.2, 0) is 16.1 Å². The van der Waals surface area contributed by atoms with Crippen LogP contribution in [0.2, 0.25) is 0 Å². The van der Waals surface area contributed by atoms with Crippen molar-refractivity contribution in [2.45, 2.75) is 39.8 Å². The van der Waals surface area contributed by atoms with Crippen molar-refractivity contribution >= 4 is 5.97 Å². The lowest BCUT2D eigenvalue weighted by Crippen LogP contribution is -2.34. The van der Waals surface area contributed by atoms with Gasteiger partial charge in [-0.3, -0.25) is 14.7 Å². The fraction of sp³-hybridized carbons (Fsp3) is 0.571. The molecular weight excluding hydrogens is 228 g/mol. The van der Waals surface area contributed by atoms with Crippen molar-refractivity contribution < 1.29 is 9.53 Å². The van der Waals surface area contributed by atoms with Gasteiger partial charge in [-0.1, -0.05) is 13.0 Å². The van der Waals surface area contributed by atoms with Crippen LogP contribution < -0.4 is 0 Å². The number of likely N-dealkylation sites (N-methyl/N-ethyl adjacent to an activating group) is 1. The zero-order chi connectivity index (χ0) is 13.6. The van der Waals surface area contributed by atoms with Crippen LogP contribution >= 0.6 is 0 Å². The third-order valence-corrected chi connectivity index (χ3v) is 2.33. The van der Waals surface area contributed by atoms with Crippen LogP contribution in [0.15, 0.2) is 24.4 Å². The second kappa shape index (κ2) is 6.50. The number of rotatable bonds is 5. The minimum absolute atomic E-state index is 0.194. The maximum absolute atomic E-state index is 11.7. The summed E-state index contributed by atoms with van der Waals surface area (Å²) in [6, 6.07) is 5.79. The molecule has 18 heavy (non-hydrogen) atoms. The van der Waals surface area contributed by atoms with Gasteiger partial charge < -0.3 is 4.74 Å². The summed E-state index contributed by atoms with van der Waals surface area (Å²) in [5.41, 5.74) is 0.532. The highest BCUT2D eigenvalue weighted by Gasteiger charge is 2.18. The fourth-order valence-electron chi connectivity index (χ4n) is 1.56. The number of carbonyl (C=O) groups is 1. The molecule has 0 aromatic carbocycles. The molecule has 0 radical (unpaired) electrons. The molecule has 100 valence electrons. The Bertz CT molecular complexity index is 371. The van der Waals surface area contributed by atoms with Crippen molar-refractivity contribution in [3.8, 4) is 0 Å². The van der Waals surface area contributed by atoms with E-state index in [0.717, 1.165) is 12.2 Å². The highest BCUT2D eigenvalue weighted by Crippen LogP contribution is 2.08. The van der Waals surface area contributed by atoms with Crippen molar-refractivity contribution in [1.82, 2.24) is 9.88 Å². The van der Waals surface area contributed by atoms with Crippen LogP contribution in [-0.4, -0.2) is 34.5 Å². The molecule has 1 aromatic heterocycles. The lowest BCUT2D eigenvalue weighted by molar-refractivity contribution is -0.156. The molecule has 0 aliphatic rings. The molecule has 0 bridgehead atoms. The number of ether oxygens (including phenoxy) is 1. The first kappa shape index (κ1) is 14.6. The second-order valence-corrected chi connectivity index (χ2v) is 5.21. The molecule has 1 heterocycles. The molecule has 0 spiro atoms. The van der Waals surface area contributed by atoms with Gasteiger partial charge in [0.25, 0.3) is 0 Å². The van der Waals surface area contributed by atoms with E-state index in [2.05, 4.69) is 4.98 Å². The summed E-state index contributed by atoms with van der Waals surface area (Å²) in [5.74, 6) is -0.194. The van der Waals surface area contributed by atoms with Gasteiger partial charge in [0.2, 0.25) is 0 Å². The van der Waals surface area contributed by atoms with Crippen molar-refractivity contribution in [2.24, 2.45) is 0 Å². The standard InChI is InChI=1S/C14H22N2O2/c1-5-16(10-12-8-6-7-9-15-12)11-13(17)18-14(2,3)4/h6-9H,5,10-11H2,1-4H3. The lowest BCUT2D eigenvalue weighted by Gasteiger charge is -2.23. The number of nitrogens with zero attached hydrogens (tertiary/aromatic N) is 2. The zero-order valence-electron chi connectivity index (χ0n) is 11.6. The Morgan fingerprint density at radius 2 is 2.11 bits per heavy atom. The SMILES string of the molecule is CCN(CC(=O)OC(C)(C)C)Cc1ccccn1. The van der Waals surface area contributed by atoms with Crippen LogP contribution in [0.1, 0.15) is 33.4 Å². The van der Waals surface area contributed by atoms with Crippen LogP contribution in [0.25, 0.3) is 0 Å². The van der Waals surface area contributed by atoms with E-state index in [0.29, 0.717) is 13.1 Å². The Kier molecular flexibility index (Phi) is 5.28. The van der Waals surface area contributed by atoms with Crippen LogP contribution in [0, 0.1) is 0 Å². The van der Waals surface area contributed by atoms with Gasteiger partial charge in [0, 0.05) is 12.7 Å². The van der Waals surface area contributed by atoms with Gasteiger partial charge in [0.1, 0.15) is 5.60 Å². The molecular formula is C14H22N2O2. The van der Waals surface area contributed by atoms with Gasteiger partial charge in [-0.15, -0.1) is 0 Å². The average Bonchev–Trinajstić information content (AvgIpc) is 2.27. The highest BCUT2D eigenvalue weighted by molar-refractivity contribution is 5.72. The first-order valence-corrected chi connectivity index (χ1v) is 6.25. The normalized spacial score (nSPS) is 11.6. The summed E-state index contributed by atoms with van der Waals surface area (Å²) in [5, 5.41) is 0. The van der Waals surface area contributed by atoms with Crippen LogP contribution in [0.4, 0.5) is 0 Å². The van der Waals surface area contributed by atoms with Gasteiger partial charge in [-0.2, -0.15) is 0 Å². The molecule has 0 amide bonds. The number of hydrogen-bond acceptors (Lipinski definition) is 4. The van der Waals surface area contributed by atoms with Crippen molar-refractivity contribution in [3.05, 3.63) is 30.1 Å². The Balaban J connectivity index is 2.50. The van der Waals surface area contributed by atoms with Crippen LogP contribution in [0.5, 0.6) is 0 Å². The molecule has 0 N–H and O–H groups in total. The predicted molar refractivity (Wildman–Crippen MR) is 71.0 cm³/mol. The largest absolute Gasteiger partial charge is 0.459 e. The molecule has 0 aliphatic heterocycles. The second-order valence-electron chi connectivity index (χ2n) is 5.21. The first-order valence-electron chi connectivity index (χ1n) is 6.25. The first-order chi connectivity index (χ1) is 8.40. The third kappa shape index (κ3) is 5.77. The predicted octanol–water partition coefficient (Wildman–Crippen LogP) is 2.25. The highest BCUT2D eigenvalue weighted by atomic mass is 16.6. The molecule has 0 saturated heterocycles. The summed E-state index contributed by atoms with van der Waals surface area (Å²) in [7, 11) is 0. The quantitative estimate of drug-likeness (QED) is 0.752. The molecule has 4 nitrogen and oxygen atoms in total. The number of esters is 1. The van der Waals surface area contributed by atoms with E-state index in [4.69, 9.17) is 4.74 Å². The van der Waals surface area contributed by atoms with Gasteiger partial charge in [-0.25, -0.2) is 0 Å². The Hall–Kier alpha value is -1.42. The van der Waals surface area contributed by atoms with Gasteiger partial charge in [0.05, 0.1) is 12.2 Å². The Morgan fingerprint density at radius 3 is 2.61 bits per heavy atom.